The highest BCUT2D eigenvalue weighted by Gasteiger charge is 2.28. The standard InChI is InChI=1S/C9H12N2O/c1-11-6-5-10-9(11)8(12)7-3-2-4-7/h5-7H,2-4H2,1H3. The molecule has 1 heterocycles. The molecule has 1 aromatic rings. The van der Waals surface area contributed by atoms with Crippen LogP contribution in [0.3, 0.4) is 0 Å². The molecule has 12 heavy (non-hydrogen) atoms. The summed E-state index contributed by atoms with van der Waals surface area (Å²) in [6, 6.07) is 0. The molecule has 1 aliphatic carbocycles. The normalized spacial score (nSPS) is 17.4. The van der Waals surface area contributed by atoms with E-state index in [0.717, 1.165) is 12.8 Å². The maximum Gasteiger partial charge on any atom is 0.201 e. The minimum atomic E-state index is 0.216. The summed E-state index contributed by atoms with van der Waals surface area (Å²) in [5.74, 6) is 1.08. The fraction of sp³-hybridized carbons (Fsp3) is 0.556. The summed E-state index contributed by atoms with van der Waals surface area (Å²) in [5.41, 5.74) is 0. The van der Waals surface area contributed by atoms with E-state index in [2.05, 4.69) is 4.98 Å². The van der Waals surface area contributed by atoms with Crippen molar-refractivity contribution in [1.82, 2.24) is 9.55 Å². The third kappa shape index (κ3) is 1.05. The van der Waals surface area contributed by atoms with Crippen LogP contribution in [0.25, 0.3) is 0 Å². The second-order valence-electron chi connectivity index (χ2n) is 3.35. The van der Waals surface area contributed by atoms with E-state index in [0.29, 0.717) is 5.82 Å². The molecule has 0 aliphatic heterocycles. The Morgan fingerprint density at radius 3 is 2.83 bits per heavy atom. The summed E-state index contributed by atoms with van der Waals surface area (Å²) in [6.45, 7) is 0. The van der Waals surface area contributed by atoms with E-state index in [1.165, 1.54) is 6.42 Å². The first-order valence-electron chi connectivity index (χ1n) is 4.30. The molecule has 0 bridgehead atoms. The van der Waals surface area contributed by atoms with Crippen molar-refractivity contribution in [2.75, 3.05) is 0 Å². The summed E-state index contributed by atoms with van der Waals surface area (Å²) < 4.78 is 1.79. The van der Waals surface area contributed by atoms with Gasteiger partial charge in [0.05, 0.1) is 0 Å². The van der Waals surface area contributed by atoms with E-state index in [-0.39, 0.29) is 11.7 Å². The molecule has 0 N–H and O–H groups in total. The molecule has 1 aromatic heterocycles. The molecule has 3 heteroatoms. The average molecular weight is 164 g/mol. The molecular weight excluding hydrogens is 152 g/mol. The number of Topliss-reactive ketones (excluding diaryl/α,β-unsaturated/α-hetero) is 1. The molecule has 0 amide bonds. The number of nitrogens with zero attached hydrogens (tertiary/aromatic N) is 2. The SMILES string of the molecule is Cn1ccnc1C(=O)C1CCC1. The molecule has 64 valence electrons. The highest BCUT2D eigenvalue weighted by molar-refractivity contribution is 5.95. The molecule has 3 nitrogen and oxygen atoms in total. The van der Waals surface area contributed by atoms with Crippen molar-refractivity contribution in [3.05, 3.63) is 18.2 Å². The number of aromatic nitrogens is 2. The zero-order valence-electron chi connectivity index (χ0n) is 7.16. The van der Waals surface area contributed by atoms with Crippen molar-refractivity contribution in [3.63, 3.8) is 0 Å². The van der Waals surface area contributed by atoms with Gasteiger partial charge < -0.3 is 4.57 Å². The maximum atomic E-state index is 11.6. The molecule has 0 aromatic carbocycles. The van der Waals surface area contributed by atoms with Gasteiger partial charge in [0.15, 0.2) is 5.82 Å². The van der Waals surface area contributed by atoms with Crippen molar-refractivity contribution < 1.29 is 4.79 Å². The molecule has 0 atom stereocenters. The Balaban J connectivity index is 2.19. The molecular formula is C9H12N2O. The van der Waals surface area contributed by atoms with Gasteiger partial charge in [-0.05, 0) is 12.8 Å². The lowest BCUT2D eigenvalue weighted by Crippen LogP contribution is -2.24. The van der Waals surface area contributed by atoms with Gasteiger partial charge in [0, 0.05) is 25.4 Å². The Hall–Kier alpha value is -1.12. The Labute approximate surface area is 71.4 Å². The minimum Gasteiger partial charge on any atom is -0.332 e. The van der Waals surface area contributed by atoms with Crippen LogP contribution in [0.1, 0.15) is 29.9 Å². The first-order valence-corrected chi connectivity index (χ1v) is 4.30. The fourth-order valence-corrected chi connectivity index (χ4v) is 1.46. The highest BCUT2D eigenvalue weighted by atomic mass is 16.1. The van der Waals surface area contributed by atoms with E-state index >= 15 is 0 Å². The van der Waals surface area contributed by atoms with E-state index < -0.39 is 0 Å². The van der Waals surface area contributed by atoms with Gasteiger partial charge >= 0.3 is 0 Å². The topological polar surface area (TPSA) is 34.9 Å². The number of imidazole rings is 1. The van der Waals surface area contributed by atoms with Crippen molar-refractivity contribution in [1.29, 1.82) is 0 Å². The van der Waals surface area contributed by atoms with Gasteiger partial charge in [0.1, 0.15) is 0 Å². The number of rotatable bonds is 2. The molecule has 0 saturated heterocycles. The number of hydrogen-bond acceptors (Lipinski definition) is 2. The Morgan fingerprint density at radius 1 is 1.67 bits per heavy atom. The Morgan fingerprint density at radius 2 is 2.42 bits per heavy atom. The van der Waals surface area contributed by atoms with Crippen LogP contribution in [0.4, 0.5) is 0 Å². The summed E-state index contributed by atoms with van der Waals surface area (Å²) in [4.78, 5) is 15.7. The largest absolute Gasteiger partial charge is 0.332 e. The van der Waals surface area contributed by atoms with Crippen LogP contribution >= 0.6 is 0 Å². The zero-order valence-corrected chi connectivity index (χ0v) is 7.16. The Bertz CT molecular complexity index is 299. The number of hydrogen-bond donors (Lipinski definition) is 0. The van der Waals surface area contributed by atoms with Crippen molar-refractivity contribution in [2.24, 2.45) is 13.0 Å². The fourth-order valence-electron chi connectivity index (χ4n) is 1.46. The maximum absolute atomic E-state index is 11.6. The molecule has 0 radical (unpaired) electrons. The van der Waals surface area contributed by atoms with Crippen LogP contribution in [-0.4, -0.2) is 15.3 Å². The first kappa shape index (κ1) is 7.53. The van der Waals surface area contributed by atoms with Crippen molar-refractivity contribution in [2.45, 2.75) is 19.3 Å². The zero-order chi connectivity index (χ0) is 8.55. The molecule has 1 fully saturated rings. The summed E-state index contributed by atoms with van der Waals surface area (Å²) in [6.07, 6.45) is 6.77. The highest BCUT2D eigenvalue weighted by Crippen LogP contribution is 2.29. The lowest BCUT2D eigenvalue weighted by Gasteiger charge is -2.23. The van der Waals surface area contributed by atoms with E-state index in [1.807, 2.05) is 13.2 Å². The number of carbonyl (C=O) groups is 1. The Kier molecular flexibility index (Phi) is 1.71. The van der Waals surface area contributed by atoms with Gasteiger partial charge in [0.25, 0.3) is 0 Å². The van der Waals surface area contributed by atoms with Crippen LogP contribution in [0.2, 0.25) is 0 Å². The van der Waals surface area contributed by atoms with Gasteiger partial charge in [0.2, 0.25) is 5.78 Å². The first-order chi connectivity index (χ1) is 5.79. The second-order valence-corrected chi connectivity index (χ2v) is 3.35. The summed E-state index contributed by atoms with van der Waals surface area (Å²) in [5, 5.41) is 0. The number of carbonyl (C=O) groups excluding carboxylic acids is 1. The predicted molar refractivity (Wildman–Crippen MR) is 44.9 cm³/mol. The van der Waals surface area contributed by atoms with Gasteiger partial charge in [-0.2, -0.15) is 0 Å². The van der Waals surface area contributed by atoms with Crippen LogP contribution in [-0.2, 0) is 7.05 Å². The van der Waals surface area contributed by atoms with Gasteiger partial charge in [-0.15, -0.1) is 0 Å². The van der Waals surface area contributed by atoms with Gasteiger partial charge in [-0.1, -0.05) is 6.42 Å². The van der Waals surface area contributed by atoms with E-state index in [4.69, 9.17) is 0 Å². The summed E-state index contributed by atoms with van der Waals surface area (Å²) >= 11 is 0. The van der Waals surface area contributed by atoms with Crippen molar-refractivity contribution in [3.8, 4) is 0 Å². The quantitative estimate of drug-likeness (QED) is 0.619. The molecule has 0 spiro atoms. The van der Waals surface area contributed by atoms with E-state index in [1.54, 1.807) is 10.8 Å². The third-order valence-corrected chi connectivity index (χ3v) is 2.52. The smallest absolute Gasteiger partial charge is 0.201 e. The minimum absolute atomic E-state index is 0.216. The second kappa shape index (κ2) is 2.73. The lowest BCUT2D eigenvalue weighted by molar-refractivity contribution is 0.0840. The van der Waals surface area contributed by atoms with E-state index in [9.17, 15) is 4.79 Å². The average Bonchev–Trinajstić information content (AvgIpc) is 2.31. The van der Waals surface area contributed by atoms with Crippen LogP contribution in [0.5, 0.6) is 0 Å². The number of aryl methyl sites for hydroxylation is 1. The monoisotopic (exact) mass is 164 g/mol. The molecule has 1 saturated carbocycles. The molecule has 0 unspecified atom stereocenters. The van der Waals surface area contributed by atoms with Crippen LogP contribution in [0, 0.1) is 5.92 Å². The van der Waals surface area contributed by atoms with Gasteiger partial charge in [-0.25, -0.2) is 4.98 Å². The van der Waals surface area contributed by atoms with Crippen LogP contribution in [0.15, 0.2) is 12.4 Å². The molecule has 1 aliphatic rings. The number of ketones is 1. The lowest BCUT2D eigenvalue weighted by atomic mass is 9.82. The third-order valence-electron chi connectivity index (χ3n) is 2.52. The van der Waals surface area contributed by atoms with Crippen LogP contribution < -0.4 is 0 Å². The molecule has 2 rings (SSSR count). The predicted octanol–water partition coefficient (Wildman–Crippen LogP) is 1.40. The summed E-state index contributed by atoms with van der Waals surface area (Å²) in [7, 11) is 1.86. The van der Waals surface area contributed by atoms with Crippen molar-refractivity contribution >= 4 is 5.78 Å². The van der Waals surface area contributed by atoms with Gasteiger partial charge in [-0.3, -0.25) is 4.79 Å².